The molecule has 2 aromatic rings. The minimum Gasteiger partial charge on any atom is -0.496 e. The van der Waals surface area contributed by atoms with Gasteiger partial charge in [0.05, 0.1) is 18.1 Å². The number of carbonyl (C=O) groups excluding carboxylic acids is 1. The molecule has 0 atom stereocenters. The largest absolute Gasteiger partial charge is 0.496 e. The molecule has 1 heterocycles. The zero-order chi connectivity index (χ0) is 20.3. The van der Waals surface area contributed by atoms with Crippen molar-refractivity contribution < 1.29 is 14.5 Å². The molecule has 11 heteroatoms. The summed E-state index contributed by atoms with van der Waals surface area (Å²) in [6.07, 6.45) is 0. The van der Waals surface area contributed by atoms with Gasteiger partial charge in [-0.3, -0.25) is 20.3 Å². The van der Waals surface area contributed by atoms with E-state index in [4.69, 9.17) is 22.7 Å². The van der Waals surface area contributed by atoms with Crippen LogP contribution in [0.5, 0.6) is 5.75 Å². The van der Waals surface area contributed by atoms with E-state index in [1.807, 2.05) is 6.07 Å². The number of benzene rings is 2. The summed E-state index contributed by atoms with van der Waals surface area (Å²) in [4.78, 5) is 23.3. The smallest absolute Gasteiger partial charge is 0.303 e. The molecule has 0 spiro atoms. The minimum atomic E-state index is -0.644. The Bertz CT molecular complexity index is 1020. The zero-order valence-electron chi connectivity index (χ0n) is 14.5. The lowest BCUT2D eigenvalue weighted by Gasteiger charge is -2.07. The first-order valence-electron chi connectivity index (χ1n) is 7.86. The minimum absolute atomic E-state index is 0.0762. The van der Waals surface area contributed by atoms with Gasteiger partial charge in [0.15, 0.2) is 10.8 Å². The Morgan fingerprint density at radius 3 is 2.64 bits per heavy atom. The van der Waals surface area contributed by atoms with E-state index >= 15 is 0 Å². The number of nitro benzene ring substituents is 1. The quantitative estimate of drug-likeness (QED) is 0.446. The van der Waals surface area contributed by atoms with Crippen LogP contribution in [0.25, 0.3) is 0 Å². The van der Waals surface area contributed by atoms with Gasteiger partial charge in [-0.25, -0.2) is 0 Å². The van der Waals surface area contributed by atoms with Crippen LogP contribution >= 0.6 is 12.2 Å². The van der Waals surface area contributed by atoms with Crippen molar-refractivity contribution in [2.24, 2.45) is 15.9 Å². The lowest BCUT2D eigenvalue weighted by atomic mass is 10.1. The zero-order valence-corrected chi connectivity index (χ0v) is 15.3. The molecule has 142 valence electrons. The highest BCUT2D eigenvalue weighted by Crippen LogP contribution is 2.29. The number of nitro groups is 1. The summed E-state index contributed by atoms with van der Waals surface area (Å²) in [7, 11) is 1.40. The predicted octanol–water partition coefficient (Wildman–Crippen LogP) is 1.86. The molecule has 10 nitrogen and oxygen atoms in total. The van der Waals surface area contributed by atoms with Crippen LogP contribution < -0.4 is 15.9 Å². The van der Waals surface area contributed by atoms with Crippen molar-refractivity contribution in [3.05, 3.63) is 64.2 Å². The second-order valence-electron chi connectivity index (χ2n) is 5.48. The maximum absolute atomic E-state index is 12.6. The summed E-state index contributed by atoms with van der Waals surface area (Å²) in [5.74, 6) is -0.331. The Morgan fingerprint density at radius 2 is 2.04 bits per heavy atom. The van der Waals surface area contributed by atoms with Gasteiger partial charge in [-0.2, -0.15) is 15.2 Å². The number of hydrogen-bond donors (Lipinski definition) is 2. The second kappa shape index (κ2) is 7.80. The molecule has 0 fully saturated rings. The molecule has 0 unspecified atom stereocenters. The molecule has 0 saturated carbocycles. The molecule has 1 aliphatic heterocycles. The number of nitrogens with zero attached hydrogens (tertiary/aromatic N) is 4. The number of nitrogens with two attached hydrogens (primary N) is 1. The van der Waals surface area contributed by atoms with E-state index in [1.54, 1.807) is 24.3 Å². The molecule has 0 aromatic heterocycles. The van der Waals surface area contributed by atoms with Crippen LogP contribution in [0, 0.1) is 10.1 Å². The number of carbonyl (C=O) groups is 1. The molecule has 28 heavy (non-hydrogen) atoms. The van der Waals surface area contributed by atoms with Crippen LogP contribution in [0.15, 0.2) is 58.7 Å². The number of rotatable bonds is 5. The van der Waals surface area contributed by atoms with Gasteiger partial charge in [0.2, 0.25) is 0 Å². The lowest BCUT2D eigenvalue weighted by molar-refractivity contribution is -0.384. The SMILES string of the molecule is COc1ccc(N/N=C2/C(=O)N(C(N)=S)N=C2c2ccccc2)c([N+](=O)[O-])c1. The number of amides is 1. The van der Waals surface area contributed by atoms with Gasteiger partial charge >= 0.3 is 5.91 Å². The van der Waals surface area contributed by atoms with Gasteiger partial charge in [-0.15, -0.1) is 0 Å². The Labute approximate surface area is 164 Å². The summed E-state index contributed by atoms with van der Waals surface area (Å²) in [6.45, 7) is 0. The summed E-state index contributed by atoms with van der Waals surface area (Å²) in [5.41, 5.74) is 8.68. The Kier molecular flexibility index (Phi) is 5.27. The fourth-order valence-electron chi connectivity index (χ4n) is 2.44. The molecular weight excluding hydrogens is 384 g/mol. The van der Waals surface area contributed by atoms with Crippen LogP contribution in [0.1, 0.15) is 5.56 Å². The molecule has 0 bridgehead atoms. The first kappa shape index (κ1) is 18.9. The first-order chi connectivity index (χ1) is 13.4. The van der Waals surface area contributed by atoms with Crippen LogP contribution in [0.4, 0.5) is 11.4 Å². The van der Waals surface area contributed by atoms with E-state index in [0.29, 0.717) is 11.3 Å². The number of nitrogens with one attached hydrogen (secondary N) is 1. The average Bonchev–Trinajstić information content (AvgIpc) is 3.03. The van der Waals surface area contributed by atoms with E-state index in [-0.39, 0.29) is 27.9 Å². The van der Waals surface area contributed by atoms with Crippen molar-refractivity contribution in [2.45, 2.75) is 0 Å². The van der Waals surface area contributed by atoms with E-state index in [9.17, 15) is 14.9 Å². The number of thiocarbonyl (C=S) groups is 1. The highest BCUT2D eigenvalue weighted by atomic mass is 32.1. The van der Waals surface area contributed by atoms with Gasteiger partial charge in [-0.1, -0.05) is 30.3 Å². The molecule has 3 N–H and O–H groups in total. The maximum Gasteiger partial charge on any atom is 0.303 e. The summed E-state index contributed by atoms with van der Waals surface area (Å²) in [5, 5.41) is 20.1. The Morgan fingerprint density at radius 1 is 1.32 bits per heavy atom. The fourth-order valence-corrected chi connectivity index (χ4v) is 2.56. The summed E-state index contributed by atoms with van der Waals surface area (Å²) >= 11 is 4.85. The van der Waals surface area contributed by atoms with Gasteiger partial charge in [0.25, 0.3) is 5.69 Å². The van der Waals surface area contributed by atoms with Crippen LogP contribution in [0.3, 0.4) is 0 Å². The molecule has 1 aliphatic rings. The van der Waals surface area contributed by atoms with E-state index < -0.39 is 10.8 Å². The third-order valence-corrected chi connectivity index (χ3v) is 3.94. The third-order valence-electron chi connectivity index (χ3n) is 3.76. The van der Waals surface area contributed by atoms with E-state index in [2.05, 4.69) is 15.6 Å². The van der Waals surface area contributed by atoms with Crippen molar-refractivity contribution in [3.8, 4) is 5.75 Å². The number of methoxy groups -OCH3 is 1. The van der Waals surface area contributed by atoms with Crippen molar-refractivity contribution in [3.63, 3.8) is 0 Å². The maximum atomic E-state index is 12.6. The van der Waals surface area contributed by atoms with Crippen molar-refractivity contribution >= 4 is 46.0 Å². The molecular formula is C17H14N6O4S. The van der Waals surface area contributed by atoms with E-state index in [1.165, 1.54) is 25.3 Å². The van der Waals surface area contributed by atoms with Crippen molar-refractivity contribution in [1.82, 2.24) is 5.01 Å². The third kappa shape index (κ3) is 3.64. The predicted molar refractivity (Wildman–Crippen MR) is 107 cm³/mol. The number of anilines is 1. The molecule has 0 saturated heterocycles. The normalized spacial score (nSPS) is 14.8. The Balaban J connectivity index is 2.00. The molecule has 1 amide bonds. The Hall–Kier alpha value is -3.86. The molecule has 2 aromatic carbocycles. The van der Waals surface area contributed by atoms with E-state index in [0.717, 1.165) is 5.01 Å². The van der Waals surface area contributed by atoms with Gasteiger partial charge < -0.3 is 10.5 Å². The van der Waals surface area contributed by atoms with Gasteiger partial charge in [-0.05, 0) is 24.4 Å². The van der Waals surface area contributed by atoms with Crippen LogP contribution in [0.2, 0.25) is 0 Å². The molecule has 3 rings (SSSR count). The lowest BCUT2D eigenvalue weighted by Crippen LogP contribution is -2.36. The van der Waals surface area contributed by atoms with Crippen LogP contribution in [-0.4, -0.2) is 39.5 Å². The average molecular weight is 398 g/mol. The second-order valence-corrected chi connectivity index (χ2v) is 5.90. The summed E-state index contributed by atoms with van der Waals surface area (Å²) < 4.78 is 4.99. The number of hydrazone groups is 2. The van der Waals surface area contributed by atoms with Crippen molar-refractivity contribution in [1.29, 1.82) is 0 Å². The monoisotopic (exact) mass is 398 g/mol. The van der Waals surface area contributed by atoms with Gasteiger partial charge in [0.1, 0.15) is 17.1 Å². The molecule has 0 aliphatic carbocycles. The van der Waals surface area contributed by atoms with Crippen molar-refractivity contribution in [2.75, 3.05) is 12.5 Å². The first-order valence-corrected chi connectivity index (χ1v) is 8.27. The number of hydrogen-bond acceptors (Lipinski definition) is 8. The van der Waals surface area contributed by atoms with Gasteiger partial charge in [0, 0.05) is 5.56 Å². The highest BCUT2D eigenvalue weighted by Gasteiger charge is 2.34. The fraction of sp³-hybridized carbons (Fsp3) is 0.0588. The highest BCUT2D eigenvalue weighted by molar-refractivity contribution is 7.80. The summed E-state index contributed by atoms with van der Waals surface area (Å²) in [6, 6.07) is 13.0. The molecule has 0 radical (unpaired) electrons. The standard InChI is InChI=1S/C17H14N6O4S/c1-27-11-7-8-12(13(9-11)23(25)26)19-20-15-14(10-5-3-2-4-6-10)21-22(16(15)24)17(18)28/h2-9,19H,1H3,(H2,18,28)/b20-15+. The van der Waals surface area contributed by atoms with Crippen LogP contribution in [-0.2, 0) is 4.79 Å². The topological polar surface area (TPSA) is 135 Å². The number of ether oxygens (including phenoxy) is 1.